The number of aryl methyl sites for hydroxylation is 2. The van der Waals surface area contributed by atoms with Crippen molar-refractivity contribution in [3.05, 3.63) is 41.3 Å². The zero-order valence-electron chi connectivity index (χ0n) is 10.2. The van der Waals surface area contributed by atoms with E-state index in [2.05, 4.69) is 17.0 Å². The number of pyridine rings is 1. The van der Waals surface area contributed by atoms with Crippen LogP contribution in [0.1, 0.15) is 30.2 Å². The average molecular weight is 231 g/mol. The molecule has 0 aliphatic rings. The summed E-state index contributed by atoms with van der Waals surface area (Å²) in [5, 5.41) is 13.5. The Morgan fingerprint density at radius 3 is 2.76 bits per heavy atom. The van der Waals surface area contributed by atoms with E-state index in [0.717, 1.165) is 35.5 Å². The Labute approximate surface area is 101 Å². The van der Waals surface area contributed by atoms with Gasteiger partial charge >= 0.3 is 0 Å². The first-order valence-corrected chi connectivity index (χ1v) is 5.85. The summed E-state index contributed by atoms with van der Waals surface area (Å²) in [5.41, 5.74) is 2.98. The smallest absolute Gasteiger partial charge is 0.153 e. The van der Waals surface area contributed by atoms with Crippen LogP contribution in [0.15, 0.2) is 24.5 Å². The molecule has 0 amide bonds. The molecule has 2 aromatic rings. The van der Waals surface area contributed by atoms with Crippen molar-refractivity contribution >= 4 is 0 Å². The van der Waals surface area contributed by atoms with E-state index >= 15 is 0 Å². The molecule has 0 aliphatic carbocycles. The van der Waals surface area contributed by atoms with Gasteiger partial charge in [-0.15, -0.1) is 0 Å². The van der Waals surface area contributed by atoms with Crippen molar-refractivity contribution in [1.82, 2.24) is 14.8 Å². The Morgan fingerprint density at radius 1 is 1.35 bits per heavy atom. The molecule has 4 nitrogen and oxygen atoms in total. The molecular formula is C13H17N3O. The molecule has 0 bridgehead atoms. The molecule has 0 aliphatic heterocycles. The number of rotatable bonds is 4. The minimum atomic E-state index is 0.0342. The van der Waals surface area contributed by atoms with Gasteiger partial charge in [-0.1, -0.05) is 13.3 Å². The fraction of sp³-hybridized carbons (Fsp3) is 0.385. The minimum absolute atomic E-state index is 0.0342. The van der Waals surface area contributed by atoms with Crippen LogP contribution >= 0.6 is 0 Å². The summed E-state index contributed by atoms with van der Waals surface area (Å²) in [6.45, 7) is 4.14. The van der Waals surface area contributed by atoms with Crippen LogP contribution < -0.4 is 0 Å². The molecule has 2 rings (SSSR count). The lowest BCUT2D eigenvalue weighted by Crippen LogP contribution is -2.03. The molecule has 1 N–H and O–H groups in total. The van der Waals surface area contributed by atoms with Gasteiger partial charge in [-0.2, -0.15) is 5.10 Å². The van der Waals surface area contributed by atoms with E-state index in [1.165, 1.54) is 0 Å². The summed E-state index contributed by atoms with van der Waals surface area (Å²) in [6.07, 6.45) is 5.69. The maximum Gasteiger partial charge on any atom is 0.153 e. The number of aliphatic hydroxyl groups is 1. The topological polar surface area (TPSA) is 50.9 Å². The zero-order chi connectivity index (χ0) is 12.3. The quantitative estimate of drug-likeness (QED) is 0.875. The second kappa shape index (κ2) is 5.10. The molecule has 0 fully saturated rings. The van der Waals surface area contributed by atoms with Gasteiger partial charge in [0.2, 0.25) is 0 Å². The van der Waals surface area contributed by atoms with Crippen molar-refractivity contribution in [2.75, 3.05) is 0 Å². The summed E-state index contributed by atoms with van der Waals surface area (Å²) >= 11 is 0. The summed E-state index contributed by atoms with van der Waals surface area (Å²) in [4.78, 5) is 4.54. The highest BCUT2D eigenvalue weighted by atomic mass is 16.3. The lowest BCUT2D eigenvalue weighted by Gasteiger charge is -2.06. The Morgan fingerprint density at radius 2 is 2.18 bits per heavy atom. The van der Waals surface area contributed by atoms with Gasteiger partial charge in [0, 0.05) is 11.9 Å². The summed E-state index contributed by atoms with van der Waals surface area (Å²) in [7, 11) is 0. The van der Waals surface area contributed by atoms with E-state index in [1.807, 2.05) is 25.3 Å². The maximum atomic E-state index is 9.25. The Kier molecular flexibility index (Phi) is 3.54. The van der Waals surface area contributed by atoms with Crippen LogP contribution in [0, 0.1) is 6.92 Å². The number of hydrogen-bond acceptors (Lipinski definition) is 3. The van der Waals surface area contributed by atoms with Crippen molar-refractivity contribution < 1.29 is 5.11 Å². The SMILES string of the molecule is CCCc1cc(CO)cc(-n2cc(C)cn2)n1. The molecule has 17 heavy (non-hydrogen) atoms. The summed E-state index contributed by atoms with van der Waals surface area (Å²) in [6, 6.07) is 3.81. The first-order chi connectivity index (χ1) is 8.22. The Balaban J connectivity index is 2.42. The highest BCUT2D eigenvalue weighted by Crippen LogP contribution is 2.12. The van der Waals surface area contributed by atoms with Gasteiger partial charge in [0.05, 0.1) is 12.8 Å². The van der Waals surface area contributed by atoms with E-state index in [9.17, 15) is 5.11 Å². The molecule has 0 unspecified atom stereocenters. The molecule has 0 atom stereocenters. The highest BCUT2D eigenvalue weighted by Gasteiger charge is 2.05. The number of aromatic nitrogens is 3. The van der Waals surface area contributed by atoms with Crippen LogP contribution in [0.25, 0.3) is 5.82 Å². The second-order valence-electron chi connectivity index (χ2n) is 4.20. The van der Waals surface area contributed by atoms with Crippen molar-refractivity contribution in [2.24, 2.45) is 0 Å². The van der Waals surface area contributed by atoms with Crippen molar-refractivity contribution in [2.45, 2.75) is 33.3 Å². The molecule has 4 heteroatoms. The third-order valence-corrected chi connectivity index (χ3v) is 2.56. The predicted octanol–water partition coefficient (Wildman–Crippen LogP) is 2.02. The van der Waals surface area contributed by atoms with Crippen molar-refractivity contribution in [3.63, 3.8) is 0 Å². The lowest BCUT2D eigenvalue weighted by molar-refractivity contribution is 0.281. The van der Waals surface area contributed by atoms with E-state index < -0.39 is 0 Å². The van der Waals surface area contributed by atoms with Crippen LogP contribution in [0.5, 0.6) is 0 Å². The standard InChI is InChI=1S/C13H17N3O/c1-3-4-12-5-11(9-17)6-13(15-12)16-8-10(2)7-14-16/h5-8,17H,3-4,9H2,1-2H3. The van der Waals surface area contributed by atoms with E-state index in [1.54, 1.807) is 10.9 Å². The monoisotopic (exact) mass is 231 g/mol. The van der Waals surface area contributed by atoms with Gasteiger partial charge in [-0.3, -0.25) is 0 Å². The highest BCUT2D eigenvalue weighted by molar-refractivity contribution is 5.30. The van der Waals surface area contributed by atoms with Crippen LogP contribution in [-0.4, -0.2) is 19.9 Å². The van der Waals surface area contributed by atoms with Gasteiger partial charge in [-0.25, -0.2) is 9.67 Å². The van der Waals surface area contributed by atoms with Crippen molar-refractivity contribution in [3.8, 4) is 5.82 Å². The second-order valence-corrected chi connectivity index (χ2v) is 4.20. The summed E-state index contributed by atoms with van der Waals surface area (Å²) < 4.78 is 1.74. The Bertz CT molecular complexity index is 505. The van der Waals surface area contributed by atoms with E-state index in [0.29, 0.717) is 0 Å². The third kappa shape index (κ3) is 2.71. The van der Waals surface area contributed by atoms with Gasteiger partial charge < -0.3 is 5.11 Å². The Hall–Kier alpha value is -1.68. The largest absolute Gasteiger partial charge is 0.392 e. The minimum Gasteiger partial charge on any atom is -0.392 e. The summed E-state index contributed by atoms with van der Waals surface area (Å²) in [5.74, 6) is 0.771. The molecule has 0 saturated heterocycles. The van der Waals surface area contributed by atoms with Crippen LogP contribution in [-0.2, 0) is 13.0 Å². The molecule has 0 saturated carbocycles. The number of hydrogen-bond donors (Lipinski definition) is 1. The fourth-order valence-electron chi connectivity index (χ4n) is 1.76. The predicted molar refractivity (Wildman–Crippen MR) is 66.0 cm³/mol. The van der Waals surface area contributed by atoms with Crippen LogP contribution in [0.2, 0.25) is 0 Å². The number of nitrogens with zero attached hydrogens (tertiary/aromatic N) is 3. The molecule has 2 heterocycles. The normalized spacial score (nSPS) is 10.8. The van der Waals surface area contributed by atoms with Gasteiger partial charge in [0.1, 0.15) is 0 Å². The molecular weight excluding hydrogens is 214 g/mol. The molecule has 0 radical (unpaired) electrons. The molecule has 2 aromatic heterocycles. The zero-order valence-corrected chi connectivity index (χ0v) is 10.2. The first-order valence-electron chi connectivity index (χ1n) is 5.85. The van der Waals surface area contributed by atoms with Crippen LogP contribution in [0.4, 0.5) is 0 Å². The van der Waals surface area contributed by atoms with Gasteiger partial charge in [0.15, 0.2) is 5.82 Å². The van der Waals surface area contributed by atoms with Gasteiger partial charge in [0.25, 0.3) is 0 Å². The van der Waals surface area contributed by atoms with E-state index in [4.69, 9.17) is 0 Å². The van der Waals surface area contributed by atoms with Gasteiger partial charge in [-0.05, 0) is 36.6 Å². The lowest BCUT2D eigenvalue weighted by atomic mass is 10.1. The number of aliphatic hydroxyl groups excluding tert-OH is 1. The van der Waals surface area contributed by atoms with Crippen LogP contribution in [0.3, 0.4) is 0 Å². The fourth-order valence-corrected chi connectivity index (χ4v) is 1.76. The molecule has 90 valence electrons. The van der Waals surface area contributed by atoms with E-state index in [-0.39, 0.29) is 6.61 Å². The third-order valence-electron chi connectivity index (χ3n) is 2.56. The van der Waals surface area contributed by atoms with Crippen molar-refractivity contribution in [1.29, 1.82) is 0 Å². The average Bonchev–Trinajstić information content (AvgIpc) is 2.76. The molecule has 0 aromatic carbocycles. The maximum absolute atomic E-state index is 9.25. The molecule has 0 spiro atoms. The first kappa shape index (κ1) is 11.8.